The van der Waals surface area contributed by atoms with Gasteiger partial charge in [0.1, 0.15) is 0 Å². The minimum atomic E-state index is -3.82. The van der Waals surface area contributed by atoms with Crippen LogP contribution in [0.5, 0.6) is 0 Å². The minimum absolute atomic E-state index is 0.0458. The molecule has 0 saturated carbocycles. The summed E-state index contributed by atoms with van der Waals surface area (Å²) in [4.78, 5) is 16.1. The smallest absolute Gasteiger partial charge is 0.258 e. The van der Waals surface area contributed by atoms with E-state index in [9.17, 15) is 13.2 Å². The molecule has 2 aromatic rings. The SMILES string of the molecule is Cc1nc(NC(=O)c2ccccc2I)sc1S(N)(=O)=O. The summed E-state index contributed by atoms with van der Waals surface area (Å²) in [5.41, 5.74) is 0.772. The number of sulfonamides is 1. The maximum Gasteiger partial charge on any atom is 0.258 e. The number of primary sulfonamides is 1. The summed E-state index contributed by atoms with van der Waals surface area (Å²) in [6, 6.07) is 7.06. The van der Waals surface area contributed by atoms with Crippen molar-refractivity contribution in [2.45, 2.75) is 11.1 Å². The highest BCUT2D eigenvalue weighted by molar-refractivity contribution is 14.1. The third kappa shape index (κ3) is 3.34. The highest BCUT2D eigenvalue weighted by Crippen LogP contribution is 2.26. The van der Waals surface area contributed by atoms with Crippen LogP contribution in [0.25, 0.3) is 0 Å². The maximum absolute atomic E-state index is 12.1. The van der Waals surface area contributed by atoms with Crippen molar-refractivity contribution in [3.63, 3.8) is 0 Å². The van der Waals surface area contributed by atoms with Crippen molar-refractivity contribution < 1.29 is 13.2 Å². The van der Waals surface area contributed by atoms with Gasteiger partial charge in [-0.05, 0) is 41.6 Å². The molecule has 1 aromatic heterocycles. The standard InChI is InChI=1S/C11H10IN3O3S2/c1-6-10(20(13,17)18)19-11(14-6)15-9(16)7-4-2-3-5-8(7)12/h2-5H,1H3,(H2,13,17,18)(H,14,15,16). The molecule has 1 amide bonds. The number of carbonyl (C=O) groups is 1. The number of aromatic nitrogens is 1. The first-order valence-corrected chi connectivity index (χ1v) is 8.79. The number of thiazole rings is 1. The lowest BCUT2D eigenvalue weighted by Crippen LogP contribution is -2.13. The van der Waals surface area contributed by atoms with Crippen LogP contribution in [0.15, 0.2) is 28.5 Å². The molecule has 0 aliphatic rings. The van der Waals surface area contributed by atoms with Crippen molar-refractivity contribution in [1.29, 1.82) is 0 Å². The van der Waals surface area contributed by atoms with Crippen molar-refractivity contribution in [2.75, 3.05) is 5.32 Å². The Morgan fingerprint density at radius 1 is 1.40 bits per heavy atom. The van der Waals surface area contributed by atoms with Crippen LogP contribution in [0.1, 0.15) is 16.1 Å². The number of benzene rings is 1. The molecule has 1 aromatic carbocycles. The number of aryl methyl sites for hydroxylation is 1. The second kappa shape index (κ2) is 5.76. The van der Waals surface area contributed by atoms with Crippen molar-refractivity contribution in [1.82, 2.24) is 4.98 Å². The number of amides is 1. The van der Waals surface area contributed by atoms with Crippen LogP contribution < -0.4 is 10.5 Å². The van der Waals surface area contributed by atoms with Crippen LogP contribution in [0.3, 0.4) is 0 Å². The number of rotatable bonds is 3. The third-order valence-corrected chi connectivity index (χ3v) is 5.92. The van der Waals surface area contributed by atoms with E-state index in [-0.39, 0.29) is 20.9 Å². The van der Waals surface area contributed by atoms with Gasteiger partial charge in [-0.15, -0.1) is 0 Å². The number of anilines is 1. The van der Waals surface area contributed by atoms with Gasteiger partial charge in [-0.25, -0.2) is 18.5 Å². The van der Waals surface area contributed by atoms with Crippen molar-refractivity contribution in [2.24, 2.45) is 5.14 Å². The maximum atomic E-state index is 12.1. The van der Waals surface area contributed by atoms with E-state index in [0.29, 0.717) is 5.56 Å². The Hall–Kier alpha value is -1.04. The fourth-order valence-electron chi connectivity index (χ4n) is 1.51. The lowest BCUT2D eigenvalue weighted by molar-refractivity contribution is 0.102. The van der Waals surface area contributed by atoms with Crippen LogP contribution in [-0.2, 0) is 10.0 Å². The van der Waals surface area contributed by atoms with Gasteiger partial charge in [-0.1, -0.05) is 23.5 Å². The van der Waals surface area contributed by atoms with Gasteiger partial charge in [-0.3, -0.25) is 10.1 Å². The first-order valence-electron chi connectivity index (χ1n) is 5.35. The van der Waals surface area contributed by atoms with Crippen molar-refractivity contribution >= 4 is 55.0 Å². The van der Waals surface area contributed by atoms with Gasteiger partial charge in [0.15, 0.2) is 9.34 Å². The van der Waals surface area contributed by atoms with Crippen molar-refractivity contribution in [3.05, 3.63) is 39.1 Å². The zero-order valence-electron chi connectivity index (χ0n) is 10.3. The molecular formula is C11H10IN3O3S2. The predicted octanol–water partition coefficient (Wildman–Crippen LogP) is 1.96. The molecule has 0 bridgehead atoms. The van der Waals surface area contributed by atoms with Crippen molar-refractivity contribution in [3.8, 4) is 0 Å². The second-order valence-electron chi connectivity index (χ2n) is 3.87. The molecule has 0 aliphatic heterocycles. The highest BCUT2D eigenvalue weighted by atomic mass is 127. The first-order chi connectivity index (χ1) is 9.29. The fraction of sp³-hybridized carbons (Fsp3) is 0.0909. The Bertz CT molecular complexity index is 771. The Labute approximate surface area is 133 Å². The lowest BCUT2D eigenvalue weighted by Gasteiger charge is -2.03. The van der Waals surface area contributed by atoms with Crippen LogP contribution in [-0.4, -0.2) is 19.3 Å². The van der Waals surface area contributed by atoms with Gasteiger partial charge in [0.25, 0.3) is 5.91 Å². The van der Waals surface area contributed by atoms with Gasteiger partial charge in [0.05, 0.1) is 11.3 Å². The number of nitrogens with one attached hydrogen (secondary N) is 1. The molecular weight excluding hydrogens is 413 g/mol. The van der Waals surface area contributed by atoms with Gasteiger partial charge in [0.2, 0.25) is 10.0 Å². The Kier molecular flexibility index (Phi) is 4.42. The Morgan fingerprint density at radius 2 is 2.05 bits per heavy atom. The van der Waals surface area contributed by atoms with E-state index in [1.165, 1.54) is 6.92 Å². The number of halogens is 1. The third-order valence-electron chi connectivity index (χ3n) is 2.35. The largest absolute Gasteiger partial charge is 0.298 e. The quantitative estimate of drug-likeness (QED) is 0.737. The summed E-state index contributed by atoms with van der Waals surface area (Å²) in [5, 5.41) is 7.85. The predicted molar refractivity (Wildman–Crippen MR) is 85.3 cm³/mol. The van der Waals surface area contributed by atoms with E-state index in [1.54, 1.807) is 18.2 Å². The topological polar surface area (TPSA) is 102 Å². The molecule has 20 heavy (non-hydrogen) atoms. The molecule has 0 radical (unpaired) electrons. The first kappa shape index (κ1) is 15.4. The lowest BCUT2D eigenvalue weighted by atomic mass is 10.2. The highest BCUT2D eigenvalue weighted by Gasteiger charge is 2.19. The van der Waals surface area contributed by atoms with Gasteiger partial charge < -0.3 is 0 Å². The molecule has 106 valence electrons. The number of nitrogens with two attached hydrogens (primary N) is 1. The minimum Gasteiger partial charge on any atom is -0.298 e. The van der Waals surface area contributed by atoms with Gasteiger partial charge in [0, 0.05) is 3.57 Å². The number of hydrogen-bond donors (Lipinski definition) is 2. The molecule has 0 unspecified atom stereocenters. The zero-order valence-corrected chi connectivity index (χ0v) is 14.0. The monoisotopic (exact) mass is 423 g/mol. The number of carbonyl (C=O) groups excluding carboxylic acids is 1. The number of hydrogen-bond acceptors (Lipinski definition) is 5. The van der Waals surface area contributed by atoms with E-state index in [2.05, 4.69) is 10.3 Å². The van der Waals surface area contributed by atoms with Gasteiger partial charge >= 0.3 is 0 Å². The molecule has 3 N–H and O–H groups in total. The van der Waals surface area contributed by atoms with E-state index in [0.717, 1.165) is 14.9 Å². The summed E-state index contributed by atoms with van der Waals surface area (Å²) < 4.78 is 23.4. The molecule has 9 heteroatoms. The second-order valence-corrected chi connectivity index (χ2v) is 7.79. The normalized spacial score (nSPS) is 11.3. The van der Waals surface area contributed by atoms with E-state index < -0.39 is 10.0 Å². The summed E-state index contributed by atoms with van der Waals surface area (Å²) in [6.07, 6.45) is 0. The Morgan fingerprint density at radius 3 is 2.60 bits per heavy atom. The van der Waals surface area contributed by atoms with Crippen LogP contribution in [0.2, 0.25) is 0 Å². The number of nitrogens with zero attached hydrogens (tertiary/aromatic N) is 1. The molecule has 1 heterocycles. The molecule has 0 saturated heterocycles. The fourth-order valence-corrected chi connectivity index (χ4v) is 4.00. The van der Waals surface area contributed by atoms with Crippen LogP contribution in [0.4, 0.5) is 5.13 Å². The Balaban J connectivity index is 2.28. The van der Waals surface area contributed by atoms with Crippen LogP contribution in [0, 0.1) is 10.5 Å². The molecule has 0 aliphatic carbocycles. The molecule has 6 nitrogen and oxygen atoms in total. The van der Waals surface area contributed by atoms with E-state index >= 15 is 0 Å². The van der Waals surface area contributed by atoms with Gasteiger partial charge in [-0.2, -0.15) is 0 Å². The summed E-state index contributed by atoms with van der Waals surface area (Å²) >= 11 is 2.89. The van der Waals surface area contributed by atoms with E-state index in [4.69, 9.17) is 5.14 Å². The molecule has 0 atom stereocenters. The molecule has 0 spiro atoms. The molecule has 2 rings (SSSR count). The summed E-state index contributed by atoms with van der Waals surface area (Å²) in [7, 11) is -3.82. The summed E-state index contributed by atoms with van der Waals surface area (Å²) in [6.45, 7) is 1.53. The van der Waals surface area contributed by atoms with E-state index in [1.807, 2.05) is 28.7 Å². The average Bonchev–Trinajstić information content (AvgIpc) is 2.70. The average molecular weight is 423 g/mol. The van der Waals surface area contributed by atoms with Crippen LogP contribution >= 0.6 is 33.9 Å². The molecule has 0 fully saturated rings. The summed E-state index contributed by atoms with van der Waals surface area (Å²) in [5.74, 6) is -0.343. The zero-order chi connectivity index (χ0) is 14.9.